The number of rotatable bonds is 8. The van der Waals surface area contributed by atoms with E-state index in [9.17, 15) is 14.7 Å². The van der Waals surface area contributed by atoms with Gasteiger partial charge in [0.05, 0.1) is 11.2 Å². The number of pyridine rings is 1. The summed E-state index contributed by atoms with van der Waals surface area (Å²) in [5.41, 5.74) is 3.61. The standard InChI is InChI=1S/C24H23N3O4/c1-15(23(28)29)25-12-11-19-22-18(13-20(26-19)24(30)31)17-9-5-6-10-21(17)27(22)14-16-7-3-2-4-8-16/h2-10,13,15,25H,11-12,14H2,1H3,(H,28,29)(H,30,31)/t15-/m0/s1. The number of carboxylic acid groups (broad SMARTS) is 2. The number of benzene rings is 2. The van der Waals surface area contributed by atoms with E-state index < -0.39 is 18.0 Å². The highest BCUT2D eigenvalue weighted by molar-refractivity contribution is 6.10. The molecule has 0 spiro atoms. The molecule has 0 saturated heterocycles. The van der Waals surface area contributed by atoms with Crippen molar-refractivity contribution in [3.05, 3.63) is 77.6 Å². The average Bonchev–Trinajstić information content (AvgIpc) is 3.08. The minimum absolute atomic E-state index is 0.0172. The first-order valence-electron chi connectivity index (χ1n) is 10.1. The van der Waals surface area contributed by atoms with Crippen LogP contribution in [0.3, 0.4) is 0 Å². The van der Waals surface area contributed by atoms with Gasteiger partial charge in [0.25, 0.3) is 0 Å². The number of aromatic nitrogens is 2. The van der Waals surface area contributed by atoms with Gasteiger partial charge in [-0.2, -0.15) is 0 Å². The Bertz CT molecular complexity index is 1260. The lowest BCUT2D eigenvalue weighted by Gasteiger charge is -2.13. The molecular formula is C24H23N3O4. The molecule has 0 saturated carbocycles. The van der Waals surface area contributed by atoms with Crippen LogP contribution in [-0.4, -0.2) is 44.3 Å². The van der Waals surface area contributed by atoms with E-state index in [0.29, 0.717) is 25.2 Å². The molecule has 0 fully saturated rings. The number of nitrogens with zero attached hydrogens (tertiary/aromatic N) is 2. The van der Waals surface area contributed by atoms with Crippen LogP contribution in [0.15, 0.2) is 60.7 Å². The van der Waals surface area contributed by atoms with Crippen LogP contribution in [0.1, 0.15) is 28.7 Å². The van der Waals surface area contributed by atoms with Gasteiger partial charge in [0.15, 0.2) is 0 Å². The molecule has 0 bridgehead atoms. The Hall–Kier alpha value is -3.71. The number of carboxylic acids is 2. The van der Waals surface area contributed by atoms with Crippen LogP contribution < -0.4 is 5.32 Å². The van der Waals surface area contributed by atoms with E-state index in [0.717, 1.165) is 27.4 Å². The summed E-state index contributed by atoms with van der Waals surface area (Å²) in [5, 5.41) is 23.5. The lowest BCUT2D eigenvalue weighted by molar-refractivity contribution is -0.138. The maximum atomic E-state index is 11.7. The third kappa shape index (κ3) is 4.13. The van der Waals surface area contributed by atoms with Crippen LogP contribution in [0, 0.1) is 0 Å². The number of carbonyl (C=O) groups is 2. The Kier molecular flexibility index (Phi) is 5.68. The first-order valence-corrected chi connectivity index (χ1v) is 10.1. The number of hydrogen-bond donors (Lipinski definition) is 3. The highest BCUT2D eigenvalue weighted by Crippen LogP contribution is 2.32. The van der Waals surface area contributed by atoms with Gasteiger partial charge in [-0.1, -0.05) is 48.5 Å². The first kappa shape index (κ1) is 20.6. The van der Waals surface area contributed by atoms with Gasteiger partial charge in [0.2, 0.25) is 0 Å². The quantitative estimate of drug-likeness (QED) is 0.405. The smallest absolute Gasteiger partial charge is 0.354 e. The summed E-state index contributed by atoms with van der Waals surface area (Å²) in [6.45, 7) is 2.56. The predicted molar refractivity (Wildman–Crippen MR) is 119 cm³/mol. The predicted octanol–water partition coefficient (Wildman–Crippen LogP) is 3.54. The molecule has 4 aromatic rings. The van der Waals surface area contributed by atoms with Crippen molar-refractivity contribution in [1.29, 1.82) is 0 Å². The highest BCUT2D eigenvalue weighted by atomic mass is 16.4. The van der Waals surface area contributed by atoms with Gasteiger partial charge in [-0.3, -0.25) is 4.79 Å². The molecular weight excluding hydrogens is 394 g/mol. The number of fused-ring (bicyclic) bond motifs is 3. The van der Waals surface area contributed by atoms with Crippen LogP contribution in [0.5, 0.6) is 0 Å². The molecule has 0 aliphatic carbocycles. The van der Waals surface area contributed by atoms with E-state index in [-0.39, 0.29) is 5.69 Å². The Morgan fingerprint density at radius 3 is 2.45 bits per heavy atom. The summed E-state index contributed by atoms with van der Waals surface area (Å²) in [7, 11) is 0. The van der Waals surface area contributed by atoms with Gasteiger partial charge in [0, 0.05) is 35.8 Å². The van der Waals surface area contributed by atoms with Gasteiger partial charge < -0.3 is 20.1 Å². The van der Waals surface area contributed by atoms with Crippen molar-refractivity contribution >= 4 is 33.7 Å². The zero-order chi connectivity index (χ0) is 22.0. The van der Waals surface area contributed by atoms with Crippen molar-refractivity contribution in [3.8, 4) is 0 Å². The van der Waals surface area contributed by atoms with E-state index in [1.807, 2.05) is 42.5 Å². The Labute approximate surface area is 179 Å². The molecule has 7 heteroatoms. The van der Waals surface area contributed by atoms with Crippen molar-refractivity contribution in [2.24, 2.45) is 0 Å². The molecule has 1 atom stereocenters. The van der Waals surface area contributed by atoms with Crippen LogP contribution >= 0.6 is 0 Å². The zero-order valence-corrected chi connectivity index (χ0v) is 17.1. The SMILES string of the molecule is C[C@H](NCCc1nc(C(=O)O)cc2c3ccccc3n(Cc3ccccc3)c12)C(=O)O. The number of aromatic carboxylic acids is 1. The normalized spacial score (nSPS) is 12.3. The van der Waals surface area contributed by atoms with Crippen molar-refractivity contribution in [3.63, 3.8) is 0 Å². The Balaban J connectivity index is 1.87. The molecule has 4 rings (SSSR count). The molecule has 158 valence electrons. The molecule has 0 unspecified atom stereocenters. The summed E-state index contributed by atoms with van der Waals surface area (Å²) in [6, 6.07) is 18.9. The van der Waals surface area contributed by atoms with E-state index in [4.69, 9.17) is 5.11 Å². The Morgan fingerprint density at radius 2 is 1.74 bits per heavy atom. The average molecular weight is 417 g/mol. The molecule has 2 aromatic carbocycles. The van der Waals surface area contributed by atoms with Crippen LogP contribution in [0.2, 0.25) is 0 Å². The van der Waals surface area contributed by atoms with Crippen LogP contribution in [0.4, 0.5) is 0 Å². The third-order valence-corrected chi connectivity index (χ3v) is 5.41. The molecule has 0 aliphatic heterocycles. The van der Waals surface area contributed by atoms with Crippen LogP contribution in [-0.2, 0) is 17.8 Å². The number of hydrogen-bond acceptors (Lipinski definition) is 4. The van der Waals surface area contributed by atoms with Crippen molar-refractivity contribution in [1.82, 2.24) is 14.9 Å². The maximum absolute atomic E-state index is 11.7. The Morgan fingerprint density at radius 1 is 1.03 bits per heavy atom. The van der Waals surface area contributed by atoms with Gasteiger partial charge in [0.1, 0.15) is 11.7 Å². The molecule has 0 amide bonds. The maximum Gasteiger partial charge on any atom is 0.354 e. The van der Waals surface area contributed by atoms with E-state index in [1.54, 1.807) is 13.0 Å². The van der Waals surface area contributed by atoms with E-state index >= 15 is 0 Å². The molecule has 7 nitrogen and oxygen atoms in total. The second-order valence-corrected chi connectivity index (χ2v) is 7.51. The third-order valence-electron chi connectivity index (χ3n) is 5.41. The molecule has 31 heavy (non-hydrogen) atoms. The van der Waals surface area contributed by atoms with Crippen molar-refractivity contribution in [2.45, 2.75) is 25.9 Å². The van der Waals surface area contributed by atoms with Gasteiger partial charge in [-0.15, -0.1) is 0 Å². The fourth-order valence-electron chi connectivity index (χ4n) is 3.86. The molecule has 2 aromatic heterocycles. The lowest BCUT2D eigenvalue weighted by Crippen LogP contribution is -2.35. The fourth-order valence-corrected chi connectivity index (χ4v) is 3.86. The number of para-hydroxylation sites is 1. The van der Waals surface area contributed by atoms with Crippen molar-refractivity contribution < 1.29 is 19.8 Å². The minimum Gasteiger partial charge on any atom is -0.480 e. The molecule has 0 aliphatic rings. The summed E-state index contributed by atoms with van der Waals surface area (Å²) in [4.78, 5) is 27.3. The summed E-state index contributed by atoms with van der Waals surface area (Å²) < 4.78 is 2.16. The topological polar surface area (TPSA) is 104 Å². The fraction of sp³-hybridized carbons (Fsp3) is 0.208. The molecule has 2 heterocycles. The second kappa shape index (κ2) is 8.57. The second-order valence-electron chi connectivity index (χ2n) is 7.51. The van der Waals surface area contributed by atoms with Crippen molar-refractivity contribution in [2.75, 3.05) is 6.54 Å². The molecule has 0 radical (unpaired) electrons. The molecule has 3 N–H and O–H groups in total. The minimum atomic E-state index is -1.09. The van der Waals surface area contributed by atoms with Crippen LogP contribution in [0.25, 0.3) is 21.8 Å². The first-order chi connectivity index (χ1) is 15.0. The van der Waals surface area contributed by atoms with Gasteiger partial charge >= 0.3 is 11.9 Å². The summed E-state index contributed by atoms with van der Waals surface area (Å²) in [5.74, 6) is -2.02. The summed E-state index contributed by atoms with van der Waals surface area (Å²) >= 11 is 0. The number of nitrogens with one attached hydrogen (secondary N) is 1. The van der Waals surface area contributed by atoms with E-state index in [2.05, 4.69) is 27.0 Å². The zero-order valence-electron chi connectivity index (χ0n) is 17.1. The number of aliphatic carboxylic acids is 1. The van der Waals surface area contributed by atoms with Gasteiger partial charge in [-0.05, 0) is 24.6 Å². The monoisotopic (exact) mass is 417 g/mol. The lowest BCUT2D eigenvalue weighted by atomic mass is 10.1. The highest BCUT2D eigenvalue weighted by Gasteiger charge is 2.19. The van der Waals surface area contributed by atoms with Gasteiger partial charge in [-0.25, -0.2) is 9.78 Å². The van der Waals surface area contributed by atoms with E-state index in [1.165, 1.54) is 0 Å². The summed E-state index contributed by atoms with van der Waals surface area (Å²) in [6.07, 6.45) is 0.403. The largest absolute Gasteiger partial charge is 0.480 e.